The van der Waals surface area contributed by atoms with Crippen LogP contribution in [0.5, 0.6) is 0 Å². The molecule has 0 heterocycles. The van der Waals surface area contributed by atoms with Crippen LogP contribution < -0.4 is 0 Å². The Morgan fingerprint density at radius 1 is 1.29 bits per heavy atom. The lowest BCUT2D eigenvalue weighted by molar-refractivity contribution is 0.0697. The van der Waals surface area contributed by atoms with Crippen molar-refractivity contribution in [1.82, 2.24) is 0 Å². The predicted octanol–water partition coefficient (Wildman–Crippen LogP) is 3.02. The molecule has 17 heavy (non-hydrogen) atoms. The van der Waals surface area contributed by atoms with E-state index in [0.29, 0.717) is 12.2 Å². The van der Waals surface area contributed by atoms with Crippen molar-refractivity contribution in [3.05, 3.63) is 34.4 Å². The molecule has 4 nitrogen and oxygen atoms in total. The zero-order valence-electron chi connectivity index (χ0n) is 10.5. The third-order valence-corrected chi connectivity index (χ3v) is 3.48. The molecule has 1 unspecified atom stereocenters. The standard InChI is InChI=1S/C12H17O4P/c1-5-15-17(14)16-12(13)11-7-6-8(2)9(3)10(11)4/h6-7,14H,5H2,1-4H3. The number of carbonyl (C=O) groups is 1. The average molecular weight is 256 g/mol. The van der Waals surface area contributed by atoms with Gasteiger partial charge >= 0.3 is 14.6 Å². The highest BCUT2D eigenvalue weighted by Gasteiger charge is 2.18. The summed E-state index contributed by atoms with van der Waals surface area (Å²) in [6.45, 7) is 7.82. The highest BCUT2D eigenvalue weighted by molar-refractivity contribution is 7.41. The van der Waals surface area contributed by atoms with Crippen LogP contribution in [0.3, 0.4) is 0 Å². The zero-order chi connectivity index (χ0) is 13.0. The normalized spacial score (nSPS) is 12.3. The summed E-state index contributed by atoms with van der Waals surface area (Å²) in [5, 5.41) is 0. The molecule has 94 valence electrons. The van der Waals surface area contributed by atoms with E-state index in [1.165, 1.54) is 0 Å². The molecule has 0 aliphatic heterocycles. The van der Waals surface area contributed by atoms with Gasteiger partial charge in [-0.2, -0.15) is 0 Å². The van der Waals surface area contributed by atoms with E-state index in [4.69, 9.17) is 9.05 Å². The smallest absolute Gasteiger partial charge is 0.391 e. The van der Waals surface area contributed by atoms with Crippen molar-refractivity contribution in [3.8, 4) is 0 Å². The number of hydrogen-bond donors (Lipinski definition) is 1. The van der Waals surface area contributed by atoms with Crippen LogP contribution in [0.25, 0.3) is 0 Å². The van der Waals surface area contributed by atoms with Crippen LogP contribution in [0.4, 0.5) is 0 Å². The Labute approximate surface area is 103 Å². The third kappa shape index (κ3) is 3.50. The van der Waals surface area contributed by atoms with Gasteiger partial charge in [0.1, 0.15) is 0 Å². The highest BCUT2D eigenvalue weighted by atomic mass is 31.2. The van der Waals surface area contributed by atoms with Gasteiger partial charge < -0.3 is 13.9 Å². The number of hydrogen-bond acceptors (Lipinski definition) is 4. The number of carbonyl (C=O) groups excluding carboxylic acids is 1. The Bertz CT molecular complexity index is 417. The first-order valence-corrected chi connectivity index (χ1v) is 6.51. The zero-order valence-corrected chi connectivity index (χ0v) is 11.4. The summed E-state index contributed by atoms with van der Waals surface area (Å²) in [6.07, 6.45) is 0. The van der Waals surface area contributed by atoms with Gasteiger partial charge in [0.15, 0.2) is 0 Å². The van der Waals surface area contributed by atoms with Crippen LogP contribution in [0.15, 0.2) is 12.1 Å². The number of rotatable bonds is 4. The highest BCUT2D eigenvalue weighted by Crippen LogP contribution is 2.34. The third-order valence-electron chi connectivity index (χ3n) is 2.68. The molecule has 0 aromatic heterocycles. The fraction of sp³-hybridized carbons (Fsp3) is 0.417. The van der Waals surface area contributed by atoms with Gasteiger partial charge in [-0.05, 0) is 50.5 Å². The van der Waals surface area contributed by atoms with Crippen LogP contribution in [0, 0.1) is 20.8 Å². The molecule has 0 bridgehead atoms. The summed E-state index contributed by atoms with van der Waals surface area (Å²) in [5.74, 6) is -0.548. The van der Waals surface area contributed by atoms with Gasteiger partial charge in [-0.15, -0.1) is 0 Å². The van der Waals surface area contributed by atoms with Crippen LogP contribution in [0.1, 0.15) is 34.0 Å². The minimum atomic E-state index is -2.12. The Morgan fingerprint density at radius 3 is 2.53 bits per heavy atom. The topological polar surface area (TPSA) is 55.8 Å². The first kappa shape index (κ1) is 14.1. The fourth-order valence-corrected chi connectivity index (χ4v) is 1.95. The van der Waals surface area contributed by atoms with Crippen molar-refractivity contribution in [3.63, 3.8) is 0 Å². The van der Waals surface area contributed by atoms with E-state index < -0.39 is 14.6 Å². The van der Waals surface area contributed by atoms with Gasteiger partial charge in [-0.3, -0.25) is 0 Å². The van der Waals surface area contributed by atoms with E-state index in [-0.39, 0.29) is 0 Å². The maximum Gasteiger partial charge on any atom is 0.396 e. The van der Waals surface area contributed by atoms with E-state index in [2.05, 4.69) is 0 Å². The largest absolute Gasteiger partial charge is 0.396 e. The summed E-state index contributed by atoms with van der Waals surface area (Å²) in [7, 11) is -2.12. The molecule has 0 spiro atoms. The second kappa shape index (κ2) is 6.10. The SMILES string of the molecule is CCOP(O)OC(=O)c1ccc(C)c(C)c1C. The Balaban J connectivity index is 2.86. The van der Waals surface area contributed by atoms with Crippen molar-refractivity contribution >= 4 is 14.6 Å². The summed E-state index contributed by atoms with van der Waals surface area (Å²) < 4.78 is 9.62. The molecule has 1 aromatic carbocycles. The second-order valence-electron chi connectivity index (χ2n) is 3.71. The van der Waals surface area contributed by atoms with E-state index in [0.717, 1.165) is 16.7 Å². The minimum Gasteiger partial charge on any atom is -0.391 e. The van der Waals surface area contributed by atoms with Crippen molar-refractivity contribution < 1.29 is 18.7 Å². The minimum absolute atomic E-state index is 0.307. The molecule has 5 heteroatoms. The monoisotopic (exact) mass is 256 g/mol. The number of benzene rings is 1. The Morgan fingerprint density at radius 2 is 1.94 bits per heavy atom. The maximum atomic E-state index is 11.8. The Kier molecular flexibility index (Phi) is 5.06. The predicted molar refractivity (Wildman–Crippen MR) is 66.8 cm³/mol. The van der Waals surface area contributed by atoms with Gasteiger partial charge in [0.2, 0.25) is 0 Å². The lowest BCUT2D eigenvalue weighted by atomic mass is 9.99. The van der Waals surface area contributed by atoms with Crippen molar-refractivity contribution in [2.75, 3.05) is 6.61 Å². The maximum absolute atomic E-state index is 11.8. The summed E-state index contributed by atoms with van der Waals surface area (Å²) in [6, 6.07) is 3.56. The molecule has 1 rings (SSSR count). The molecule has 0 aliphatic carbocycles. The van der Waals surface area contributed by atoms with Crippen LogP contribution in [0.2, 0.25) is 0 Å². The van der Waals surface area contributed by atoms with E-state index in [1.807, 2.05) is 26.8 Å². The molecule has 0 saturated carbocycles. The van der Waals surface area contributed by atoms with E-state index in [9.17, 15) is 9.69 Å². The summed E-state index contributed by atoms with van der Waals surface area (Å²) in [5.41, 5.74) is 3.51. The second-order valence-corrected chi connectivity index (χ2v) is 4.63. The molecule has 1 aromatic rings. The molecule has 0 saturated heterocycles. The molecule has 1 atom stereocenters. The molecule has 0 fully saturated rings. The lowest BCUT2D eigenvalue weighted by Crippen LogP contribution is -2.06. The number of aryl methyl sites for hydroxylation is 1. The van der Waals surface area contributed by atoms with Crippen LogP contribution in [-0.2, 0) is 9.05 Å². The van der Waals surface area contributed by atoms with Gasteiger partial charge in [0.05, 0.1) is 12.2 Å². The van der Waals surface area contributed by atoms with Crippen molar-refractivity contribution in [2.45, 2.75) is 27.7 Å². The van der Waals surface area contributed by atoms with Crippen LogP contribution >= 0.6 is 8.60 Å². The average Bonchev–Trinajstić information content (AvgIpc) is 2.26. The van der Waals surface area contributed by atoms with Gasteiger partial charge in [-0.25, -0.2) is 4.79 Å². The summed E-state index contributed by atoms with van der Waals surface area (Å²) >= 11 is 0. The molecule has 1 N–H and O–H groups in total. The first-order chi connectivity index (χ1) is 7.97. The van der Waals surface area contributed by atoms with E-state index >= 15 is 0 Å². The van der Waals surface area contributed by atoms with Gasteiger partial charge in [0, 0.05) is 0 Å². The molecular weight excluding hydrogens is 239 g/mol. The summed E-state index contributed by atoms with van der Waals surface area (Å²) in [4.78, 5) is 21.1. The lowest BCUT2D eigenvalue weighted by Gasteiger charge is -2.12. The van der Waals surface area contributed by atoms with Crippen molar-refractivity contribution in [2.24, 2.45) is 0 Å². The molecule has 0 radical (unpaired) electrons. The Hall–Kier alpha value is -0.960. The first-order valence-electron chi connectivity index (χ1n) is 5.38. The van der Waals surface area contributed by atoms with Gasteiger partial charge in [-0.1, -0.05) is 6.07 Å². The molecule has 0 amide bonds. The molecule has 0 aliphatic rings. The van der Waals surface area contributed by atoms with Gasteiger partial charge in [0.25, 0.3) is 0 Å². The van der Waals surface area contributed by atoms with Crippen LogP contribution in [-0.4, -0.2) is 17.5 Å². The fourth-order valence-electron chi connectivity index (χ4n) is 1.43. The molecular formula is C12H17O4P. The quantitative estimate of drug-likeness (QED) is 0.841. The van der Waals surface area contributed by atoms with Crippen molar-refractivity contribution in [1.29, 1.82) is 0 Å². The van der Waals surface area contributed by atoms with E-state index in [1.54, 1.807) is 13.0 Å².